The van der Waals surface area contributed by atoms with Crippen LogP contribution in [0.15, 0.2) is 18.2 Å². The predicted molar refractivity (Wildman–Crippen MR) is 118 cm³/mol. The lowest BCUT2D eigenvalue weighted by molar-refractivity contribution is -0.141. The SMILES string of the molecule is CCOc1c(OC)cc([C@H]2c3cc4c(c(OCC)c3C[C@@H]3COC(=O)[C@@H]32)OCO4)cc1OC. The van der Waals surface area contributed by atoms with E-state index in [2.05, 4.69) is 0 Å². The van der Waals surface area contributed by atoms with Crippen molar-refractivity contribution in [1.82, 2.24) is 0 Å². The molecule has 5 rings (SSSR count). The van der Waals surface area contributed by atoms with Gasteiger partial charge in [0.05, 0.1) is 40.0 Å². The van der Waals surface area contributed by atoms with Gasteiger partial charge in [0, 0.05) is 17.4 Å². The number of hydrogen-bond donors (Lipinski definition) is 0. The molecule has 1 saturated heterocycles. The topological polar surface area (TPSA) is 81.7 Å². The van der Waals surface area contributed by atoms with Crippen LogP contribution in [0.4, 0.5) is 0 Å². The van der Waals surface area contributed by atoms with Crippen molar-refractivity contribution >= 4 is 5.97 Å². The molecule has 3 aliphatic rings. The zero-order valence-electron chi connectivity index (χ0n) is 19.3. The molecule has 0 aromatic heterocycles. The fraction of sp³-hybridized carbons (Fsp3) is 0.480. The number of carbonyl (C=O) groups excluding carboxylic acids is 1. The van der Waals surface area contributed by atoms with Gasteiger partial charge < -0.3 is 33.2 Å². The summed E-state index contributed by atoms with van der Waals surface area (Å²) in [7, 11) is 3.18. The fourth-order valence-electron chi connectivity index (χ4n) is 5.24. The van der Waals surface area contributed by atoms with Gasteiger partial charge in [-0.3, -0.25) is 4.79 Å². The van der Waals surface area contributed by atoms with Gasteiger partial charge in [-0.05, 0) is 49.6 Å². The van der Waals surface area contributed by atoms with Gasteiger partial charge in [-0.15, -0.1) is 0 Å². The molecule has 33 heavy (non-hydrogen) atoms. The van der Waals surface area contributed by atoms with Crippen LogP contribution in [0, 0.1) is 11.8 Å². The number of carbonyl (C=O) groups is 1. The first-order valence-corrected chi connectivity index (χ1v) is 11.2. The zero-order chi connectivity index (χ0) is 23.1. The summed E-state index contributed by atoms with van der Waals surface area (Å²) < 4.78 is 40.1. The molecule has 2 heterocycles. The third kappa shape index (κ3) is 3.39. The van der Waals surface area contributed by atoms with Crippen molar-refractivity contribution in [2.75, 3.05) is 40.8 Å². The highest BCUT2D eigenvalue weighted by Gasteiger charge is 2.49. The van der Waals surface area contributed by atoms with E-state index in [1.807, 2.05) is 32.0 Å². The van der Waals surface area contributed by atoms with E-state index >= 15 is 0 Å². The zero-order valence-corrected chi connectivity index (χ0v) is 19.3. The van der Waals surface area contributed by atoms with Gasteiger partial charge in [-0.2, -0.15) is 0 Å². The second-order valence-corrected chi connectivity index (χ2v) is 8.23. The fourth-order valence-corrected chi connectivity index (χ4v) is 5.24. The van der Waals surface area contributed by atoms with Crippen molar-refractivity contribution in [3.8, 4) is 34.5 Å². The number of fused-ring (bicyclic) bond motifs is 3. The molecule has 1 aliphatic carbocycles. The van der Waals surface area contributed by atoms with Gasteiger partial charge in [-0.25, -0.2) is 0 Å². The van der Waals surface area contributed by atoms with E-state index in [-0.39, 0.29) is 30.5 Å². The van der Waals surface area contributed by atoms with Gasteiger partial charge in [0.25, 0.3) is 0 Å². The molecular formula is C25H28O8. The number of methoxy groups -OCH3 is 2. The molecule has 2 aliphatic heterocycles. The molecule has 8 heteroatoms. The number of cyclic esters (lactones) is 1. The smallest absolute Gasteiger partial charge is 0.310 e. The number of rotatable bonds is 7. The van der Waals surface area contributed by atoms with Crippen molar-refractivity contribution in [3.05, 3.63) is 34.9 Å². The maximum atomic E-state index is 12.9. The standard InChI is InChI=1S/C25H28O8/c1-5-29-22-16-7-14-11-31-25(26)21(14)20(15(16)10-19-24(22)33-12-32-19)13-8-17(27-3)23(30-6-2)18(9-13)28-4/h8-10,14,20-21H,5-7,11-12H2,1-4H3/t14-,20+,21+/m1/s1. The summed E-state index contributed by atoms with van der Waals surface area (Å²) in [6.07, 6.45) is 0.666. The van der Waals surface area contributed by atoms with Crippen LogP contribution in [0.1, 0.15) is 36.5 Å². The van der Waals surface area contributed by atoms with E-state index in [0.29, 0.717) is 60.7 Å². The predicted octanol–water partition coefficient (Wildman–Crippen LogP) is 3.71. The minimum absolute atomic E-state index is 0.0261. The van der Waals surface area contributed by atoms with Crippen LogP contribution in [-0.2, 0) is 16.0 Å². The highest BCUT2D eigenvalue weighted by molar-refractivity contribution is 5.79. The molecule has 0 amide bonds. The van der Waals surface area contributed by atoms with Crippen molar-refractivity contribution in [2.24, 2.45) is 11.8 Å². The maximum Gasteiger partial charge on any atom is 0.310 e. The van der Waals surface area contributed by atoms with E-state index in [1.165, 1.54) is 0 Å². The summed E-state index contributed by atoms with van der Waals surface area (Å²) in [6.45, 7) is 5.32. The minimum Gasteiger partial charge on any atom is -0.493 e. The molecule has 0 unspecified atom stereocenters. The number of benzene rings is 2. The Morgan fingerprint density at radius 2 is 1.64 bits per heavy atom. The molecule has 8 nitrogen and oxygen atoms in total. The van der Waals surface area contributed by atoms with Crippen LogP contribution >= 0.6 is 0 Å². The Morgan fingerprint density at radius 1 is 0.939 bits per heavy atom. The van der Waals surface area contributed by atoms with E-state index in [1.54, 1.807) is 14.2 Å². The normalized spacial score (nSPS) is 22.3. The molecule has 0 radical (unpaired) electrons. The average Bonchev–Trinajstić information content (AvgIpc) is 3.44. The van der Waals surface area contributed by atoms with Crippen LogP contribution in [0.25, 0.3) is 0 Å². The Morgan fingerprint density at radius 3 is 2.30 bits per heavy atom. The van der Waals surface area contributed by atoms with Crippen LogP contribution in [-0.4, -0.2) is 46.8 Å². The molecule has 0 saturated carbocycles. The van der Waals surface area contributed by atoms with E-state index in [4.69, 9.17) is 33.2 Å². The second-order valence-electron chi connectivity index (χ2n) is 8.23. The molecule has 1 fully saturated rings. The van der Waals surface area contributed by atoms with Crippen LogP contribution in [0.5, 0.6) is 34.5 Å². The van der Waals surface area contributed by atoms with Gasteiger partial charge in [0.15, 0.2) is 23.0 Å². The third-order valence-corrected chi connectivity index (χ3v) is 6.56. The van der Waals surface area contributed by atoms with E-state index < -0.39 is 0 Å². The van der Waals surface area contributed by atoms with Crippen molar-refractivity contribution in [1.29, 1.82) is 0 Å². The number of ether oxygens (including phenoxy) is 7. The molecule has 3 atom stereocenters. The Bertz CT molecular complexity index is 1050. The van der Waals surface area contributed by atoms with Gasteiger partial charge >= 0.3 is 5.97 Å². The Hall–Kier alpha value is -3.29. The quantitative estimate of drug-likeness (QED) is 0.584. The maximum absolute atomic E-state index is 12.9. The third-order valence-electron chi connectivity index (χ3n) is 6.56. The Balaban J connectivity index is 1.74. The molecule has 0 N–H and O–H groups in total. The van der Waals surface area contributed by atoms with Crippen LogP contribution in [0.2, 0.25) is 0 Å². The first kappa shape index (κ1) is 21.6. The lowest BCUT2D eigenvalue weighted by Gasteiger charge is -2.35. The highest BCUT2D eigenvalue weighted by atomic mass is 16.7. The lowest BCUT2D eigenvalue weighted by atomic mass is 9.67. The summed E-state index contributed by atoms with van der Waals surface area (Å²) in [5.74, 6) is 2.77. The molecular weight excluding hydrogens is 428 g/mol. The van der Waals surface area contributed by atoms with Gasteiger partial charge in [-0.1, -0.05) is 0 Å². The summed E-state index contributed by atoms with van der Waals surface area (Å²) >= 11 is 0. The second kappa shape index (κ2) is 8.57. The first-order valence-electron chi connectivity index (χ1n) is 11.2. The van der Waals surface area contributed by atoms with Crippen molar-refractivity contribution in [3.63, 3.8) is 0 Å². The summed E-state index contributed by atoms with van der Waals surface area (Å²) in [4.78, 5) is 12.9. The van der Waals surface area contributed by atoms with Crippen molar-refractivity contribution < 1.29 is 38.0 Å². The monoisotopic (exact) mass is 456 g/mol. The summed E-state index contributed by atoms with van der Waals surface area (Å²) in [5, 5.41) is 0. The number of esters is 1. The molecule has 0 spiro atoms. The van der Waals surface area contributed by atoms with E-state index in [9.17, 15) is 4.79 Å². The summed E-state index contributed by atoms with van der Waals surface area (Å²) in [5.41, 5.74) is 2.87. The summed E-state index contributed by atoms with van der Waals surface area (Å²) in [6, 6.07) is 5.81. The Labute approximate surface area is 192 Å². The highest BCUT2D eigenvalue weighted by Crippen LogP contribution is 2.56. The molecule has 2 aromatic carbocycles. The largest absolute Gasteiger partial charge is 0.493 e. The van der Waals surface area contributed by atoms with Gasteiger partial charge in [0.2, 0.25) is 18.3 Å². The molecule has 0 bridgehead atoms. The molecule has 2 aromatic rings. The van der Waals surface area contributed by atoms with Crippen LogP contribution in [0.3, 0.4) is 0 Å². The minimum atomic E-state index is -0.334. The molecule has 176 valence electrons. The van der Waals surface area contributed by atoms with Gasteiger partial charge in [0.1, 0.15) is 0 Å². The van der Waals surface area contributed by atoms with E-state index in [0.717, 1.165) is 16.7 Å². The average molecular weight is 456 g/mol. The Kier molecular flexibility index (Phi) is 5.60. The lowest BCUT2D eigenvalue weighted by Crippen LogP contribution is -2.32. The number of hydrogen-bond acceptors (Lipinski definition) is 8. The van der Waals surface area contributed by atoms with Crippen LogP contribution < -0.4 is 28.4 Å². The first-order chi connectivity index (χ1) is 16.1. The van der Waals surface area contributed by atoms with Crippen molar-refractivity contribution in [2.45, 2.75) is 26.2 Å².